The van der Waals surface area contributed by atoms with Gasteiger partial charge >= 0.3 is 6.61 Å². The molecular formula is C14H20ClF3N2O3S. The molecule has 1 aliphatic heterocycles. The van der Waals surface area contributed by atoms with Gasteiger partial charge in [0.15, 0.2) is 11.6 Å². The van der Waals surface area contributed by atoms with E-state index in [-0.39, 0.29) is 29.3 Å². The number of ether oxygens (including phenoxy) is 1. The predicted octanol–water partition coefficient (Wildman–Crippen LogP) is 2.52. The van der Waals surface area contributed by atoms with Crippen molar-refractivity contribution in [3.8, 4) is 5.75 Å². The molecule has 138 valence electrons. The first-order valence-electron chi connectivity index (χ1n) is 7.17. The molecule has 10 heteroatoms. The summed E-state index contributed by atoms with van der Waals surface area (Å²) in [7, 11) is -3.92. The number of piperidine rings is 1. The van der Waals surface area contributed by atoms with Gasteiger partial charge in [0.25, 0.3) is 0 Å². The van der Waals surface area contributed by atoms with Gasteiger partial charge in [0.2, 0.25) is 10.0 Å². The van der Waals surface area contributed by atoms with Crippen molar-refractivity contribution in [2.45, 2.75) is 31.3 Å². The molecule has 0 atom stereocenters. The van der Waals surface area contributed by atoms with Crippen LogP contribution >= 0.6 is 12.4 Å². The standard InChI is InChI=1S/C14H19F3N2O3S.ClH/c1-14(4-6-18-7-5-14)9-19-23(20,21)10-2-3-12(11(15)8-10)22-13(16)17;/h2-3,8,13,18-19H,4-7,9H2,1H3;1H. The first kappa shape index (κ1) is 21.0. The molecule has 5 nitrogen and oxygen atoms in total. The van der Waals surface area contributed by atoms with E-state index in [4.69, 9.17) is 0 Å². The molecule has 0 unspecified atom stereocenters. The van der Waals surface area contributed by atoms with Crippen LogP contribution in [0.1, 0.15) is 19.8 Å². The lowest BCUT2D eigenvalue weighted by Gasteiger charge is -2.34. The zero-order chi connectivity index (χ0) is 17.1. The van der Waals surface area contributed by atoms with Gasteiger partial charge < -0.3 is 10.1 Å². The molecule has 1 fully saturated rings. The molecule has 2 N–H and O–H groups in total. The van der Waals surface area contributed by atoms with E-state index in [1.807, 2.05) is 6.92 Å². The van der Waals surface area contributed by atoms with Crippen molar-refractivity contribution in [2.75, 3.05) is 19.6 Å². The Hall–Kier alpha value is -1.03. The van der Waals surface area contributed by atoms with E-state index in [0.717, 1.165) is 38.1 Å². The van der Waals surface area contributed by atoms with Crippen molar-refractivity contribution >= 4 is 22.4 Å². The zero-order valence-electron chi connectivity index (χ0n) is 13.0. The van der Waals surface area contributed by atoms with E-state index in [0.29, 0.717) is 6.07 Å². The summed E-state index contributed by atoms with van der Waals surface area (Å²) < 4.78 is 68.7. The number of alkyl halides is 2. The van der Waals surface area contributed by atoms with Gasteiger partial charge in [-0.3, -0.25) is 0 Å². The predicted molar refractivity (Wildman–Crippen MR) is 85.7 cm³/mol. The van der Waals surface area contributed by atoms with E-state index in [1.54, 1.807) is 0 Å². The Labute approximate surface area is 145 Å². The Kier molecular flexibility index (Phi) is 7.33. The molecule has 0 spiro atoms. The molecule has 0 radical (unpaired) electrons. The molecule has 1 aromatic rings. The third kappa shape index (κ3) is 5.51. The minimum Gasteiger partial charge on any atom is -0.432 e. The van der Waals surface area contributed by atoms with Gasteiger partial charge in [-0.1, -0.05) is 6.92 Å². The average molecular weight is 389 g/mol. The topological polar surface area (TPSA) is 67.4 Å². The van der Waals surface area contributed by atoms with Gasteiger partial charge in [-0.05, 0) is 49.5 Å². The number of hydrogen-bond acceptors (Lipinski definition) is 4. The van der Waals surface area contributed by atoms with Crippen LogP contribution < -0.4 is 14.8 Å². The highest BCUT2D eigenvalue weighted by Crippen LogP contribution is 2.28. The van der Waals surface area contributed by atoms with E-state index >= 15 is 0 Å². The van der Waals surface area contributed by atoms with Gasteiger partial charge in [-0.25, -0.2) is 17.5 Å². The Morgan fingerprint density at radius 2 is 1.96 bits per heavy atom. The quantitative estimate of drug-likeness (QED) is 0.785. The van der Waals surface area contributed by atoms with E-state index in [1.165, 1.54) is 0 Å². The Bertz CT molecular complexity index is 653. The lowest BCUT2D eigenvalue weighted by atomic mass is 9.81. The number of hydrogen-bond donors (Lipinski definition) is 2. The second kappa shape index (κ2) is 8.37. The minimum atomic E-state index is -3.92. The van der Waals surface area contributed by atoms with Crippen molar-refractivity contribution in [3.05, 3.63) is 24.0 Å². The lowest BCUT2D eigenvalue weighted by molar-refractivity contribution is -0.0522. The van der Waals surface area contributed by atoms with Crippen LogP contribution in [0.2, 0.25) is 0 Å². The van der Waals surface area contributed by atoms with Gasteiger partial charge in [0.1, 0.15) is 0 Å². The van der Waals surface area contributed by atoms with Crippen molar-refractivity contribution in [3.63, 3.8) is 0 Å². The molecular weight excluding hydrogens is 369 g/mol. The highest BCUT2D eigenvalue weighted by atomic mass is 35.5. The van der Waals surface area contributed by atoms with E-state index < -0.39 is 28.2 Å². The normalized spacial score (nSPS) is 17.4. The smallest absolute Gasteiger partial charge is 0.387 e. The molecule has 0 bridgehead atoms. The van der Waals surface area contributed by atoms with Crippen LogP contribution in [0.4, 0.5) is 13.2 Å². The fourth-order valence-corrected chi connectivity index (χ4v) is 3.61. The number of nitrogens with one attached hydrogen (secondary N) is 2. The maximum absolute atomic E-state index is 13.7. The summed E-state index contributed by atoms with van der Waals surface area (Å²) in [5.41, 5.74) is -0.171. The summed E-state index contributed by atoms with van der Waals surface area (Å²) in [6.45, 7) is 0.661. The second-order valence-corrected chi connectivity index (χ2v) is 7.62. The van der Waals surface area contributed by atoms with Crippen molar-refractivity contribution in [1.29, 1.82) is 0 Å². The third-order valence-electron chi connectivity index (χ3n) is 3.93. The van der Waals surface area contributed by atoms with Crippen LogP contribution in [0.3, 0.4) is 0 Å². The second-order valence-electron chi connectivity index (χ2n) is 5.86. The maximum atomic E-state index is 13.7. The van der Waals surface area contributed by atoms with Crippen LogP contribution in [-0.4, -0.2) is 34.7 Å². The van der Waals surface area contributed by atoms with Crippen molar-refractivity contribution < 1.29 is 26.3 Å². The maximum Gasteiger partial charge on any atom is 0.387 e. The fraction of sp³-hybridized carbons (Fsp3) is 0.571. The Morgan fingerprint density at radius 1 is 1.33 bits per heavy atom. The molecule has 0 amide bonds. The summed E-state index contributed by atoms with van der Waals surface area (Å²) in [5.74, 6) is -1.84. The monoisotopic (exact) mass is 388 g/mol. The Balaban J connectivity index is 0.00000288. The minimum absolute atomic E-state index is 0. The summed E-state index contributed by atoms with van der Waals surface area (Å²) in [5, 5.41) is 3.20. The average Bonchev–Trinajstić information content (AvgIpc) is 2.48. The molecule has 2 rings (SSSR count). The molecule has 0 aromatic heterocycles. The van der Waals surface area contributed by atoms with Crippen LogP contribution in [0, 0.1) is 11.2 Å². The molecule has 24 heavy (non-hydrogen) atoms. The van der Waals surface area contributed by atoms with Gasteiger partial charge in [-0.15, -0.1) is 12.4 Å². The summed E-state index contributed by atoms with van der Waals surface area (Å²) >= 11 is 0. The van der Waals surface area contributed by atoms with Gasteiger partial charge in [0, 0.05) is 6.54 Å². The molecule has 1 aromatic carbocycles. The van der Waals surface area contributed by atoms with Gasteiger partial charge in [0.05, 0.1) is 4.90 Å². The van der Waals surface area contributed by atoms with E-state index in [9.17, 15) is 21.6 Å². The van der Waals surface area contributed by atoms with Crippen LogP contribution in [0.5, 0.6) is 5.75 Å². The highest BCUT2D eigenvalue weighted by Gasteiger charge is 2.29. The van der Waals surface area contributed by atoms with Crippen molar-refractivity contribution in [2.24, 2.45) is 5.41 Å². The molecule has 0 saturated carbocycles. The van der Waals surface area contributed by atoms with Crippen LogP contribution in [0.15, 0.2) is 23.1 Å². The summed E-state index contributed by atoms with van der Waals surface area (Å²) in [6.07, 6.45) is 1.65. The first-order valence-corrected chi connectivity index (χ1v) is 8.65. The van der Waals surface area contributed by atoms with Gasteiger partial charge in [-0.2, -0.15) is 8.78 Å². The Morgan fingerprint density at radius 3 is 2.50 bits per heavy atom. The fourth-order valence-electron chi connectivity index (χ4n) is 2.40. The first-order chi connectivity index (χ1) is 10.7. The SMILES string of the molecule is CC1(CNS(=O)(=O)c2ccc(OC(F)F)c(F)c2)CCNCC1.Cl. The molecule has 1 aliphatic rings. The largest absolute Gasteiger partial charge is 0.432 e. The molecule has 1 heterocycles. The number of rotatable bonds is 6. The summed E-state index contributed by atoms with van der Waals surface area (Å²) in [6, 6.07) is 2.58. The van der Waals surface area contributed by atoms with Crippen LogP contribution in [0.25, 0.3) is 0 Å². The third-order valence-corrected chi connectivity index (χ3v) is 5.33. The van der Waals surface area contributed by atoms with Crippen molar-refractivity contribution in [1.82, 2.24) is 10.0 Å². The number of benzene rings is 1. The van der Waals surface area contributed by atoms with E-state index in [2.05, 4.69) is 14.8 Å². The molecule has 1 saturated heterocycles. The lowest BCUT2D eigenvalue weighted by Crippen LogP contribution is -2.42. The number of sulfonamides is 1. The van der Waals surface area contributed by atoms with Crippen LogP contribution in [-0.2, 0) is 10.0 Å². The number of halogens is 4. The summed E-state index contributed by atoms with van der Waals surface area (Å²) in [4.78, 5) is -0.325. The highest BCUT2D eigenvalue weighted by molar-refractivity contribution is 7.89. The zero-order valence-corrected chi connectivity index (χ0v) is 14.7. The molecule has 0 aliphatic carbocycles.